The molecule has 0 radical (unpaired) electrons. The van der Waals surface area contributed by atoms with Gasteiger partial charge in [-0.2, -0.15) is 0 Å². The number of hydrogen-bond acceptors (Lipinski definition) is 3. The van der Waals surface area contributed by atoms with Gasteiger partial charge in [0, 0.05) is 28.9 Å². The Balaban J connectivity index is 2.18. The number of carbonyl (C=O) groups excluding carboxylic acids is 1. The molecule has 0 fully saturated rings. The van der Waals surface area contributed by atoms with Crippen molar-refractivity contribution in [1.29, 1.82) is 0 Å². The molecule has 2 aromatic carbocycles. The van der Waals surface area contributed by atoms with Crippen LogP contribution in [-0.2, 0) is 11.8 Å². The van der Waals surface area contributed by atoms with Gasteiger partial charge in [-0.1, -0.05) is 48.5 Å². The van der Waals surface area contributed by atoms with Crippen molar-refractivity contribution in [1.82, 2.24) is 9.55 Å². The van der Waals surface area contributed by atoms with Crippen LogP contribution in [0, 0.1) is 0 Å². The molecule has 2 heterocycles. The van der Waals surface area contributed by atoms with E-state index < -0.39 is 5.97 Å². The highest BCUT2D eigenvalue weighted by atomic mass is 16.5. The molecule has 0 spiro atoms. The topological polar surface area (TPSA) is 44.1 Å². The Morgan fingerprint density at radius 2 is 1.71 bits per heavy atom. The average molecular weight is 316 g/mol. The fourth-order valence-electron chi connectivity index (χ4n) is 3.20. The molecule has 0 aliphatic heterocycles. The quantitative estimate of drug-likeness (QED) is 0.521. The summed E-state index contributed by atoms with van der Waals surface area (Å²) >= 11 is 0. The van der Waals surface area contributed by atoms with Crippen LogP contribution in [0.4, 0.5) is 0 Å². The van der Waals surface area contributed by atoms with Crippen LogP contribution in [0.3, 0.4) is 0 Å². The molecule has 0 bridgehead atoms. The molecule has 0 unspecified atom stereocenters. The van der Waals surface area contributed by atoms with Crippen molar-refractivity contribution in [2.75, 3.05) is 7.11 Å². The average Bonchev–Trinajstić information content (AvgIpc) is 2.94. The van der Waals surface area contributed by atoms with Gasteiger partial charge in [0.15, 0.2) is 0 Å². The summed E-state index contributed by atoms with van der Waals surface area (Å²) in [6, 6.07) is 19.9. The lowest BCUT2D eigenvalue weighted by molar-refractivity contribution is 0.0594. The van der Waals surface area contributed by atoms with Gasteiger partial charge in [0.25, 0.3) is 0 Å². The van der Waals surface area contributed by atoms with Gasteiger partial charge in [-0.25, -0.2) is 9.78 Å². The van der Waals surface area contributed by atoms with E-state index in [9.17, 15) is 4.79 Å². The number of ether oxygens (including phenoxy) is 1. The molecular formula is C20H16N2O2. The van der Waals surface area contributed by atoms with Crippen LogP contribution in [0.2, 0.25) is 0 Å². The molecule has 4 aromatic rings. The van der Waals surface area contributed by atoms with Crippen molar-refractivity contribution in [3.63, 3.8) is 0 Å². The van der Waals surface area contributed by atoms with Crippen LogP contribution in [-0.4, -0.2) is 22.6 Å². The monoisotopic (exact) mass is 316 g/mol. The molecular weight excluding hydrogens is 300 g/mol. The van der Waals surface area contributed by atoms with Crippen molar-refractivity contribution in [2.45, 2.75) is 0 Å². The van der Waals surface area contributed by atoms with E-state index in [4.69, 9.17) is 4.74 Å². The summed E-state index contributed by atoms with van der Waals surface area (Å²) in [6.45, 7) is 0. The molecule has 24 heavy (non-hydrogen) atoms. The molecule has 4 nitrogen and oxygen atoms in total. The number of aromatic nitrogens is 2. The summed E-state index contributed by atoms with van der Waals surface area (Å²) < 4.78 is 7.01. The minimum atomic E-state index is -0.429. The van der Waals surface area contributed by atoms with Gasteiger partial charge in [-0.15, -0.1) is 0 Å². The standard InChI is InChI=1S/C20H16N2O2/c1-22-17-11-7-6-10-14(17)15-12-16(20(23)24-2)21-18(19(15)22)13-8-4-3-5-9-13/h3-12H,1-2H3. The van der Waals surface area contributed by atoms with Crippen LogP contribution in [0.1, 0.15) is 10.5 Å². The Morgan fingerprint density at radius 3 is 2.46 bits per heavy atom. The number of para-hydroxylation sites is 1. The zero-order valence-electron chi connectivity index (χ0n) is 13.5. The van der Waals surface area contributed by atoms with Gasteiger partial charge >= 0.3 is 5.97 Å². The summed E-state index contributed by atoms with van der Waals surface area (Å²) in [5, 5.41) is 2.10. The highest BCUT2D eigenvalue weighted by molar-refractivity contribution is 6.13. The lowest BCUT2D eigenvalue weighted by Gasteiger charge is -2.08. The van der Waals surface area contributed by atoms with Crippen LogP contribution in [0.25, 0.3) is 33.1 Å². The lowest BCUT2D eigenvalue weighted by Crippen LogP contribution is -2.06. The fourth-order valence-corrected chi connectivity index (χ4v) is 3.20. The van der Waals surface area contributed by atoms with Gasteiger partial charge < -0.3 is 9.30 Å². The smallest absolute Gasteiger partial charge is 0.356 e. The van der Waals surface area contributed by atoms with Gasteiger partial charge in [-0.05, 0) is 12.1 Å². The van der Waals surface area contributed by atoms with Crippen molar-refractivity contribution in [3.8, 4) is 11.3 Å². The lowest BCUT2D eigenvalue weighted by atomic mass is 10.1. The minimum absolute atomic E-state index is 0.320. The zero-order chi connectivity index (χ0) is 16.7. The third-order valence-electron chi connectivity index (χ3n) is 4.33. The molecule has 4 rings (SSSR count). The number of fused-ring (bicyclic) bond motifs is 3. The number of benzene rings is 2. The van der Waals surface area contributed by atoms with E-state index >= 15 is 0 Å². The van der Waals surface area contributed by atoms with Crippen molar-refractivity contribution >= 4 is 27.8 Å². The Bertz CT molecular complexity index is 1070. The predicted octanol–water partition coefficient (Wildman–Crippen LogP) is 4.18. The highest BCUT2D eigenvalue weighted by Gasteiger charge is 2.18. The van der Waals surface area contributed by atoms with Gasteiger partial charge in [0.2, 0.25) is 0 Å². The number of hydrogen-bond donors (Lipinski definition) is 0. The third kappa shape index (κ3) is 2.07. The molecule has 0 saturated heterocycles. The first kappa shape index (κ1) is 14.5. The van der Waals surface area contributed by atoms with E-state index in [0.717, 1.165) is 33.1 Å². The fraction of sp³-hybridized carbons (Fsp3) is 0.100. The van der Waals surface area contributed by atoms with Crippen LogP contribution in [0.15, 0.2) is 60.7 Å². The molecule has 118 valence electrons. The number of methoxy groups -OCH3 is 1. The van der Waals surface area contributed by atoms with E-state index in [2.05, 4.69) is 21.7 Å². The summed E-state index contributed by atoms with van der Waals surface area (Å²) in [4.78, 5) is 16.7. The predicted molar refractivity (Wildman–Crippen MR) is 95.0 cm³/mol. The van der Waals surface area contributed by atoms with Gasteiger partial charge in [-0.3, -0.25) is 0 Å². The van der Waals surface area contributed by atoms with E-state index in [0.29, 0.717) is 5.69 Å². The van der Waals surface area contributed by atoms with Crippen molar-refractivity contribution < 1.29 is 9.53 Å². The normalized spacial score (nSPS) is 11.1. The van der Waals surface area contributed by atoms with E-state index in [-0.39, 0.29) is 0 Å². The van der Waals surface area contributed by atoms with E-state index in [1.165, 1.54) is 7.11 Å². The first-order valence-corrected chi connectivity index (χ1v) is 7.72. The second-order valence-corrected chi connectivity index (χ2v) is 5.69. The van der Waals surface area contributed by atoms with Crippen LogP contribution < -0.4 is 0 Å². The van der Waals surface area contributed by atoms with E-state index in [1.54, 1.807) is 0 Å². The second-order valence-electron chi connectivity index (χ2n) is 5.69. The molecule has 0 saturated carbocycles. The molecule has 0 aliphatic rings. The Labute approximate surface area is 139 Å². The number of esters is 1. The second kappa shape index (κ2) is 5.49. The molecule has 2 aromatic heterocycles. The molecule has 0 aliphatic carbocycles. The third-order valence-corrected chi connectivity index (χ3v) is 4.33. The SMILES string of the molecule is COC(=O)c1cc2c3ccccc3n(C)c2c(-c2ccccc2)n1. The largest absolute Gasteiger partial charge is 0.464 e. The maximum absolute atomic E-state index is 12.1. The minimum Gasteiger partial charge on any atom is -0.464 e. The molecule has 0 N–H and O–H groups in total. The molecule has 0 amide bonds. The number of pyridine rings is 1. The molecule has 4 heteroatoms. The van der Waals surface area contributed by atoms with Gasteiger partial charge in [0.05, 0.1) is 18.3 Å². The number of carbonyl (C=O) groups is 1. The number of nitrogens with zero attached hydrogens (tertiary/aromatic N) is 2. The zero-order valence-corrected chi connectivity index (χ0v) is 13.5. The first-order valence-electron chi connectivity index (χ1n) is 7.72. The number of rotatable bonds is 2. The number of aryl methyl sites for hydroxylation is 1. The van der Waals surface area contributed by atoms with Crippen molar-refractivity contribution in [3.05, 3.63) is 66.4 Å². The van der Waals surface area contributed by atoms with Crippen molar-refractivity contribution in [2.24, 2.45) is 7.05 Å². The molecule has 0 atom stereocenters. The summed E-state index contributed by atoms with van der Waals surface area (Å²) in [7, 11) is 3.40. The Hall–Kier alpha value is -3.14. The first-order chi connectivity index (χ1) is 11.7. The van der Waals surface area contributed by atoms with Gasteiger partial charge in [0.1, 0.15) is 5.69 Å². The van der Waals surface area contributed by atoms with Crippen LogP contribution >= 0.6 is 0 Å². The summed E-state index contributed by atoms with van der Waals surface area (Å²) in [5.74, 6) is -0.429. The Kier molecular flexibility index (Phi) is 3.31. The summed E-state index contributed by atoms with van der Waals surface area (Å²) in [6.07, 6.45) is 0. The Morgan fingerprint density at radius 1 is 1.00 bits per heavy atom. The van der Waals surface area contributed by atoms with E-state index in [1.807, 2.05) is 55.6 Å². The summed E-state index contributed by atoms with van der Waals surface area (Å²) in [5.41, 5.74) is 4.19. The maximum Gasteiger partial charge on any atom is 0.356 e. The van der Waals surface area contributed by atoms with Crippen LogP contribution in [0.5, 0.6) is 0 Å². The maximum atomic E-state index is 12.1. The highest BCUT2D eigenvalue weighted by Crippen LogP contribution is 2.34.